The molecular weight excluding hydrogens is 234 g/mol. The highest BCUT2D eigenvalue weighted by Gasteiger charge is 2.59. The van der Waals surface area contributed by atoms with Crippen LogP contribution in [-0.4, -0.2) is 28.1 Å². The van der Waals surface area contributed by atoms with Gasteiger partial charge in [-0.1, -0.05) is 6.42 Å². The molecule has 5 heteroatoms. The molecule has 4 nitrogen and oxygen atoms in total. The van der Waals surface area contributed by atoms with Crippen LogP contribution in [0.5, 0.6) is 0 Å². The lowest BCUT2D eigenvalue weighted by Crippen LogP contribution is -2.64. The molecule has 17 heavy (non-hydrogen) atoms. The van der Waals surface area contributed by atoms with Gasteiger partial charge in [0.05, 0.1) is 6.10 Å². The van der Waals surface area contributed by atoms with Crippen LogP contribution in [0.3, 0.4) is 0 Å². The molecule has 0 bridgehead atoms. The minimum atomic E-state index is 0.398. The summed E-state index contributed by atoms with van der Waals surface area (Å²) in [5, 5.41) is 4.51. The van der Waals surface area contributed by atoms with Gasteiger partial charge in [0.1, 0.15) is 5.82 Å². The topological polar surface area (TPSA) is 47.0 Å². The number of aromatic nitrogens is 2. The molecule has 0 aliphatic heterocycles. The average molecular weight is 253 g/mol. The van der Waals surface area contributed by atoms with Gasteiger partial charge >= 0.3 is 0 Å². The number of hydrogen-bond donors (Lipinski definition) is 1. The van der Waals surface area contributed by atoms with Gasteiger partial charge in [-0.3, -0.25) is 0 Å². The van der Waals surface area contributed by atoms with Gasteiger partial charge in [-0.25, -0.2) is 4.98 Å². The van der Waals surface area contributed by atoms with E-state index >= 15 is 0 Å². The van der Waals surface area contributed by atoms with Crippen molar-refractivity contribution in [3.63, 3.8) is 0 Å². The normalized spacial score (nSPS) is 29.8. The fourth-order valence-electron chi connectivity index (χ4n) is 3.15. The van der Waals surface area contributed by atoms with Crippen LogP contribution in [-0.2, 0) is 4.74 Å². The predicted octanol–water partition coefficient (Wildman–Crippen LogP) is 2.61. The zero-order valence-electron chi connectivity index (χ0n) is 10.4. The van der Waals surface area contributed by atoms with Gasteiger partial charge < -0.3 is 10.1 Å². The highest BCUT2D eigenvalue weighted by atomic mass is 32.1. The standard InChI is InChI=1S/C12H19N3OS/c1-3-16-10-7-9(12(10)5-4-6-12)14-11-13-8(2)15-17-11/h9-10H,3-7H2,1-2H3,(H,13,14,15)/t9-,10+/m0/s1. The maximum absolute atomic E-state index is 5.84. The minimum absolute atomic E-state index is 0.398. The van der Waals surface area contributed by atoms with Crippen molar-refractivity contribution in [2.24, 2.45) is 5.41 Å². The Labute approximate surface area is 106 Å². The van der Waals surface area contributed by atoms with Crippen LogP contribution in [0.4, 0.5) is 5.13 Å². The number of hydrogen-bond acceptors (Lipinski definition) is 5. The Morgan fingerprint density at radius 2 is 2.35 bits per heavy atom. The Kier molecular flexibility index (Phi) is 2.83. The van der Waals surface area contributed by atoms with Gasteiger partial charge in [0.25, 0.3) is 0 Å². The SMILES string of the molecule is CCO[C@@H]1C[C@H](Nc2nc(C)ns2)C12CCC2. The van der Waals surface area contributed by atoms with E-state index < -0.39 is 0 Å². The molecule has 1 heterocycles. The lowest BCUT2D eigenvalue weighted by Gasteiger charge is -2.60. The summed E-state index contributed by atoms with van der Waals surface area (Å²) in [6.45, 7) is 4.85. The average Bonchev–Trinajstić information content (AvgIpc) is 2.60. The quantitative estimate of drug-likeness (QED) is 0.896. The van der Waals surface area contributed by atoms with E-state index in [2.05, 4.69) is 21.6 Å². The molecule has 94 valence electrons. The molecule has 2 saturated carbocycles. The summed E-state index contributed by atoms with van der Waals surface area (Å²) in [5.74, 6) is 0.862. The van der Waals surface area contributed by atoms with Gasteiger partial charge in [0.15, 0.2) is 0 Å². The zero-order valence-corrected chi connectivity index (χ0v) is 11.2. The summed E-state index contributed by atoms with van der Waals surface area (Å²) in [6, 6.07) is 0.542. The summed E-state index contributed by atoms with van der Waals surface area (Å²) < 4.78 is 10.0. The van der Waals surface area contributed by atoms with Crippen molar-refractivity contribution in [3.05, 3.63) is 5.82 Å². The molecule has 0 saturated heterocycles. The second kappa shape index (κ2) is 4.21. The maximum atomic E-state index is 5.84. The Hall–Kier alpha value is -0.680. The van der Waals surface area contributed by atoms with Crippen LogP contribution in [0, 0.1) is 12.3 Å². The first-order valence-corrected chi connectivity index (χ1v) is 7.20. The summed E-state index contributed by atoms with van der Waals surface area (Å²) in [6.07, 6.45) is 5.52. The maximum Gasteiger partial charge on any atom is 0.202 e. The molecular formula is C12H19N3OS. The van der Waals surface area contributed by atoms with Crippen molar-refractivity contribution in [2.75, 3.05) is 11.9 Å². The highest BCUT2D eigenvalue weighted by Crippen LogP contribution is 2.58. The van der Waals surface area contributed by atoms with Crippen molar-refractivity contribution in [2.45, 2.75) is 51.7 Å². The first-order valence-electron chi connectivity index (χ1n) is 6.43. The van der Waals surface area contributed by atoms with E-state index in [0.29, 0.717) is 17.6 Å². The van der Waals surface area contributed by atoms with Gasteiger partial charge in [-0.05, 0) is 33.1 Å². The first-order chi connectivity index (χ1) is 8.24. The van der Waals surface area contributed by atoms with Crippen LogP contribution < -0.4 is 5.32 Å². The van der Waals surface area contributed by atoms with Crippen molar-refractivity contribution < 1.29 is 4.74 Å². The van der Waals surface area contributed by atoms with Crippen molar-refractivity contribution in [3.8, 4) is 0 Å². The molecule has 3 rings (SSSR count). The second-order valence-electron chi connectivity index (χ2n) is 5.11. The number of aryl methyl sites for hydroxylation is 1. The Bertz CT molecular complexity index is 402. The van der Waals surface area contributed by atoms with Gasteiger partial charge in [0, 0.05) is 29.6 Å². The van der Waals surface area contributed by atoms with Crippen LogP contribution >= 0.6 is 11.5 Å². The zero-order chi connectivity index (χ0) is 11.9. The molecule has 1 spiro atoms. The van der Waals surface area contributed by atoms with E-state index in [1.54, 1.807) is 0 Å². The van der Waals surface area contributed by atoms with Gasteiger partial charge in [-0.15, -0.1) is 0 Å². The van der Waals surface area contributed by atoms with Crippen LogP contribution in [0.25, 0.3) is 0 Å². The molecule has 1 aromatic rings. The molecule has 2 aliphatic carbocycles. The van der Waals surface area contributed by atoms with E-state index in [4.69, 9.17) is 4.74 Å². The largest absolute Gasteiger partial charge is 0.378 e. The highest BCUT2D eigenvalue weighted by molar-refractivity contribution is 7.09. The van der Waals surface area contributed by atoms with Gasteiger partial charge in [0.2, 0.25) is 5.13 Å². The van der Waals surface area contributed by atoms with Gasteiger partial charge in [-0.2, -0.15) is 4.37 Å². The third kappa shape index (κ3) is 1.76. The number of anilines is 1. The molecule has 2 atom stereocenters. The molecule has 1 aromatic heterocycles. The minimum Gasteiger partial charge on any atom is -0.378 e. The molecule has 1 N–H and O–H groups in total. The Balaban J connectivity index is 1.65. The number of nitrogens with one attached hydrogen (secondary N) is 1. The van der Waals surface area contributed by atoms with E-state index in [1.807, 2.05) is 6.92 Å². The second-order valence-corrected chi connectivity index (χ2v) is 5.86. The van der Waals surface area contributed by atoms with E-state index in [0.717, 1.165) is 24.0 Å². The van der Waals surface area contributed by atoms with Crippen molar-refractivity contribution in [1.82, 2.24) is 9.36 Å². The molecule has 0 unspecified atom stereocenters. The van der Waals surface area contributed by atoms with E-state index in [1.165, 1.54) is 30.8 Å². The summed E-state index contributed by atoms with van der Waals surface area (Å²) in [5.41, 5.74) is 0.398. The molecule has 2 aliphatic rings. The first kappa shape index (κ1) is 11.4. The Morgan fingerprint density at radius 1 is 1.53 bits per heavy atom. The third-order valence-electron chi connectivity index (χ3n) is 4.26. The van der Waals surface area contributed by atoms with Crippen LogP contribution in [0.2, 0.25) is 0 Å². The Morgan fingerprint density at radius 3 is 2.88 bits per heavy atom. The molecule has 2 fully saturated rings. The van der Waals surface area contributed by atoms with Crippen LogP contribution in [0.1, 0.15) is 38.4 Å². The summed E-state index contributed by atoms with van der Waals surface area (Å²) in [7, 11) is 0. The fourth-order valence-corrected chi connectivity index (χ4v) is 3.77. The van der Waals surface area contributed by atoms with Crippen molar-refractivity contribution in [1.29, 1.82) is 0 Å². The van der Waals surface area contributed by atoms with Crippen molar-refractivity contribution >= 4 is 16.7 Å². The predicted molar refractivity (Wildman–Crippen MR) is 68.4 cm³/mol. The number of nitrogens with zero attached hydrogens (tertiary/aromatic N) is 2. The van der Waals surface area contributed by atoms with E-state index in [-0.39, 0.29) is 0 Å². The molecule has 0 amide bonds. The lowest BCUT2D eigenvalue weighted by molar-refractivity contribution is -0.157. The smallest absolute Gasteiger partial charge is 0.202 e. The van der Waals surface area contributed by atoms with Crippen LogP contribution in [0.15, 0.2) is 0 Å². The number of ether oxygens (including phenoxy) is 1. The van der Waals surface area contributed by atoms with E-state index in [9.17, 15) is 0 Å². The molecule has 0 aromatic carbocycles. The summed E-state index contributed by atoms with van der Waals surface area (Å²) >= 11 is 1.46. The summed E-state index contributed by atoms with van der Waals surface area (Å²) in [4.78, 5) is 4.38. The lowest BCUT2D eigenvalue weighted by atomic mass is 9.51. The molecule has 0 radical (unpaired) electrons. The monoisotopic (exact) mass is 253 g/mol. The third-order valence-corrected chi connectivity index (χ3v) is 5.00. The fraction of sp³-hybridized carbons (Fsp3) is 0.833. The number of rotatable bonds is 4.